The van der Waals surface area contributed by atoms with Crippen molar-refractivity contribution in [3.8, 4) is 0 Å². The number of nitrogens with zero attached hydrogens (tertiary/aromatic N) is 1. The Morgan fingerprint density at radius 2 is 1.85 bits per heavy atom. The highest BCUT2D eigenvalue weighted by atomic mass is 35.5. The Kier molecular flexibility index (Phi) is 5.47. The van der Waals surface area contributed by atoms with Crippen LogP contribution >= 0.6 is 34.5 Å². The highest BCUT2D eigenvalue weighted by molar-refractivity contribution is 7.10. The molecule has 5 heteroatoms. The van der Waals surface area contributed by atoms with Gasteiger partial charge in [-0.15, -0.1) is 11.3 Å². The van der Waals surface area contributed by atoms with Gasteiger partial charge in [-0.05, 0) is 37.7 Å². The Bertz CT molecular complexity index is 553. The van der Waals surface area contributed by atoms with Crippen LogP contribution in [0.2, 0.25) is 10.0 Å². The highest BCUT2D eigenvalue weighted by Gasteiger charge is 2.22. The molecule has 2 N–H and O–H groups in total. The van der Waals surface area contributed by atoms with Gasteiger partial charge in [0.15, 0.2) is 0 Å². The van der Waals surface area contributed by atoms with E-state index in [4.69, 9.17) is 28.9 Å². The van der Waals surface area contributed by atoms with Crippen molar-refractivity contribution in [2.24, 2.45) is 5.73 Å². The monoisotopic (exact) mass is 328 g/mol. The molecule has 0 saturated heterocycles. The van der Waals surface area contributed by atoms with Gasteiger partial charge in [-0.1, -0.05) is 35.3 Å². The molecule has 108 valence electrons. The van der Waals surface area contributed by atoms with Gasteiger partial charge >= 0.3 is 0 Å². The third-order valence-corrected chi connectivity index (χ3v) is 5.23. The minimum atomic E-state index is 0.165. The Morgan fingerprint density at radius 1 is 1.20 bits per heavy atom. The number of benzene rings is 1. The summed E-state index contributed by atoms with van der Waals surface area (Å²) < 4.78 is 0. The Hall–Kier alpha value is -0.580. The second kappa shape index (κ2) is 6.92. The van der Waals surface area contributed by atoms with Crippen LogP contribution in [-0.2, 0) is 0 Å². The Labute approximate surface area is 134 Å². The van der Waals surface area contributed by atoms with Crippen LogP contribution in [0.4, 0.5) is 0 Å². The minimum absolute atomic E-state index is 0.165. The molecule has 2 rings (SSSR count). The summed E-state index contributed by atoms with van der Waals surface area (Å²) in [5.41, 5.74) is 7.18. The average Bonchev–Trinajstić information content (AvgIpc) is 2.86. The lowest BCUT2D eigenvalue weighted by atomic mass is 10.0. The predicted octanol–water partition coefficient (Wildman–Crippen LogP) is 4.75. The maximum atomic E-state index is 6.02. The van der Waals surface area contributed by atoms with E-state index in [1.54, 1.807) is 11.3 Å². The van der Waals surface area contributed by atoms with Gasteiger partial charge in [0, 0.05) is 27.9 Å². The van der Waals surface area contributed by atoms with Gasteiger partial charge in [-0.3, -0.25) is 4.90 Å². The summed E-state index contributed by atoms with van der Waals surface area (Å²) in [6.07, 6.45) is 0. The fraction of sp³-hybridized carbons (Fsp3) is 0.333. The molecule has 1 aromatic carbocycles. The van der Waals surface area contributed by atoms with Crippen molar-refractivity contribution < 1.29 is 0 Å². The fourth-order valence-corrected chi connectivity index (χ4v) is 3.61. The molecule has 0 amide bonds. The Morgan fingerprint density at radius 3 is 2.35 bits per heavy atom. The first-order valence-electron chi connectivity index (χ1n) is 6.44. The second-order valence-electron chi connectivity index (χ2n) is 4.81. The van der Waals surface area contributed by atoms with Crippen molar-refractivity contribution in [3.05, 3.63) is 56.2 Å². The summed E-state index contributed by atoms with van der Waals surface area (Å²) in [4.78, 5) is 3.46. The number of hydrogen-bond acceptors (Lipinski definition) is 3. The van der Waals surface area contributed by atoms with Crippen LogP contribution in [0.1, 0.15) is 29.4 Å². The first kappa shape index (κ1) is 15.8. The van der Waals surface area contributed by atoms with E-state index < -0.39 is 0 Å². The number of rotatable bonds is 5. The van der Waals surface area contributed by atoms with Crippen molar-refractivity contribution in [3.63, 3.8) is 0 Å². The molecular weight excluding hydrogens is 311 g/mol. The molecule has 20 heavy (non-hydrogen) atoms. The van der Waals surface area contributed by atoms with Crippen LogP contribution in [0, 0.1) is 0 Å². The molecule has 0 fully saturated rings. The summed E-state index contributed by atoms with van der Waals surface area (Å²) >= 11 is 13.6. The minimum Gasteiger partial charge on any atom is -0.329 e. The SMILES string of the molecule is CC(c1ccc(Cl)cc1)N(C)C(CN)c1cc(Cl)cs1. The van der Waals surface area contributed by atoms with E-state index in [1.807, 2.05) is 23.6 Å². The lowest BCUT2D eigenvalue weighted by molar-refractivity contribution is 0.193. The zero-order valence-corrected chi connectivity index (χ0v) is 13.8. The summed E-state index contributed by atoms with van der Waals surface area (Å²) in [6.45, 7) is 2.73. The third-order valence-electron chi connectivity index (χ3n) is 3.59. The molecule has 0 radical (unpaired) electrons. The van der Waals surface area contributed by atoms with Gasteiger partial charge in [0.2, 0.25) is 0 Å². The molecule has 0 aliphatic rings. The maximum Gasteiger partial charge on any atom is 0.0567 e. The first-order chi connectivity index (χ1) is 9.52. The van der Waals surface area contributed by atoms with Gasteiger partial charge in [-0.2, -0.15) is 0 Å². The zero-order chi connectivity index (χ0) is 14.7. The van der Waals surface area contributed by atoms with E-state index in [9.17, 15) is 0 Å². The van der Waals surface area contributed by atoms with E-state index in [-0.39, 0.29) is 12.1 Å². The number of hydrogen-bond donors (Lipinski definition) is 1. The molecule has 0 saturated carbocycles. The molecule has 0 aliphatic heterocycles. The van der Waals surface area contributed by atoms with Crippen LogP contribution in [0.25, 0.3) is 0 Å². The van der Waals surface area contributed by atoms with Gasteiger partial charge < -0.3 is 5.73 Å². The molecule has 2 unspecified atom stereocenters. The molecule has 1 aromatic heterocycles. The normalized spacial score (nSPS) is 14.5. The standard InChI is InChI=1S/C15H18Cl2N2S/c1-10(11-3-5-12(16)6-4-11)19(2)14(8-18)15-7-13(17)9-20-15/h3-7,9-10,14H,8,18H2,1-2H3. The van der Waals surface area contributed by atoms with Crippen LogP contribution < -0.4 is 5.73 Å². The molecule has 2 nitrogen and oxygen atoms in total. The third kappa shape index (κ3) is 3.54. The molecule has 1 heterocycles. The molecule has 0 bridgehead atoms. The quantitative estimate of drug-likeness (QED) is 0.858. The van der Waals surface area contributed by atoms with Gasteiger partial charge in [0.05, 0.1) is 11.1 Å². The van der Waals surface area contributed by atoms with Gasteiger partial charge in [-0.25, -0.2) is 0 Å². The summed E-state index contributed by atoms with van der Waals surface area (Å²) in [5.74, 6) is 0. The van der Waals surface area contributed by atoms with Gasteiger partial charge in [0.25, 0.3) is 0 Å². The lowest BCUT2D eigenvalue weighted by Crippen LogP contribution is -2.32. The number of thiophene rings is 1. The maximum absolute atomic E-state index is 6.02. The number of likely N-dealkylation sites (N-methyl/N-ethyl adjacent to an activating group) is 1. The largest absolute Gasteiger partial charge is 0.329 e. The van der Waals surface area contributed by atoms with Crippen molar-refractivity contribution in [1.29, 1.82) is 0 Å². The molecule has 2 aromatic rings. The zero-order valence-electron chi connectivity index (χ0n) is 11.5. The number of nitrogens with two attached hydrogens (primary N) is 1. The summed E-state index contributed by atoms with van der Waals surface area (Å²) in [5, 5.41) is 3.47. The molecular formula is C15H18Cl2N2S. The van der Waals surface area contributed by atoms with E-state index in [0.29, 0.717) is 6.54 Å². The van der Waals surface area contributed by atoms with Crippen molar-refractivity contribution >= 4 is 34.5 Å². The van der Waals surface area contributed by atoms with Crippen molar-refractivity contribution in [1.82, 2.24) is 4.90 Å². The van der Waals surface area contributed by atoms with E-state index in [2.05, 4.69) is 31.0 Å². The van der Waals surface area contributed by atoms with Crippen molar-refractivity contribution in [2.75, 3.05) is 13.6 Å². The number of halogens is 2. The molecule has 2 atom stereocenters. The average molecular weight is 329 g/mol. The smallest absolute Gasteiger partial charge is 0.0567 e. The summed E-state index contributed by atoms with van der Waals surface area (Å²) in [7, 11) is 2.09. The fourth-order valence-electron chi connectivity index (χ4n) is 2.23. The lowest BCUT2D eigenvalue weighted by Gasteiger charge is -2.32. The predicted molar refractivity (Wildman–Crippen MR) is 88.8 cm³/mol. The van der Waals surface area contributed by atoms with Crippen LogP contribution in [0.3, 0.4) is 0 Å². The van der Waals surface area contributed by atoms with Gasteiger partial charge in [0.1, 0.15) is 0 Å². The Balaban J connectivity index is 2.19. The summed E-state index contributed by atoms with van der Waals surface area (Å²) in [6, 6.07) is 10.4. The topological polar surface area (TPSA) is 29.3 Å². The second-order valence-corrected chi connectivity index (χ2v) is 6.63. The van der Waals surface area contributed by atoms with Crippen LogP contribution in [0.15, 0.2) is 35.7 Å². The van der Waals surface area contributed by atoms with Crippen LogP contribution in [0.5, 0.6) is 0 Å². The first-order valence-corrected chi connectivity index (χ1v) is 8.08. The molecule has 0 aliphatic carbocycles. The molecule has 0 spiro atoms. The van der Waals surface area contributed by atoms with E-state index in [0.717, 1.165) is 10.0 Å². The van der Waals surface area contributed by atoms with E-state index >= 15 is 0 Å². The van der Waals surface area contributed by atoms with Crippen molar-refractivity contribution in [2.45, 2.75) is 19.0 Å². The van der Waals surface area contributed by atoms with Crippen LogP contribution in [-0.4, -0.2) is 18.5 Å². The highest BCUT2D eigenvalue weighted by Crippen LogP contribution is 2.33. The van der Waals surface area contributed by atoms with E-state index in [1.165, 1.54) is 10.4 Å².